The number of nitrogens with zero attached hydrogens (tertiary/aromatic N) is 2. The van der Waals surface area contributed by atoms with Crippen molar-refractivity contribution in [2.75, 3.05) is 19.6 Å². The highest BCUT2D eigenvalue weighted by Gasteiger charge is 2.21. The molecule has 5 heteroatoms. The van der Waals surface area contributed by atoms with Crippen LogP contribution in [0.4, 0.5) is 0 Å². The fraction of sp³-hybridized carbons (Fsp3) is 0.500. The monoisotopic (exact) mass is 277 g/mol. The van der Waals surface area contributed by atoms with Crippen molar-refractivity contribution in [2.24, 2.45) is 0 Å². The third-order valence-electron chi connectivity index (χ3n) is 3.62. The smallest absolute Gasteiger partial charge is 0.236 e. The summed E-state index contributed by atoms with van der Waals surface area (Å²) in [4.78, 5) is 8.22. The highest BCUT2D eigenvalue weighted by molar-refractivity contribution is 7.13. The number of aryl methyl sites for hydroxylation is 1. The Morgan fingerprint density at radius 1 is 1.58 bits per heavy atom. The van der Waals surface area contributed by atoms with Crippen LogP contribution < -0.4 is 5.32 Å². The van der Waals surface area contributed by atoms with Gasteiger partial charge < -0.3 is 9.73 Å². The molecule has 102 valence electrons. The number of piperazine rings is 1. The van der Waals surface area contributed by atoms with E-state index in [0.717, 1.165) is 48.4 Å². The second kappa shape index (κ2) is 5.45. The van der Waals surface area contributed by atoms with Crippen LogP contribution >= 0.6 is 11.3 Å². The largest absolute Gasteiger partial charge is 0.440 e. The van der Waals surface area contributed by atoms with Gasteiger partial charge in [0.2, 0.25) is 5.89 Å². The summed E-state index contributed by atoms with van der Waals surface area (Å²) in [5, 5.41) is 5.46. The van der Waals surface area contributed by atoms with Crippen molar-refractivity contribution in [2.45, 2.75) is 26.4 Å². The van der Waals surface area contributed by atoms with E-state index in [1.807, 2.05) is 24.4 Å². The quantitative estimate of drug-likeness (QED) is 0.936. The molecule has 0 aliphatic carbocycles. The van der Waals surface area contributed by atoms with E-state index in [1.165, 1.54) is 0 Å². The molecule has 0 spiro atoms. The zero-order valence-electron chi connectivity index (χ0n) is 11.3. The minimum absolute atomic E-state index is 0.551. The minimum Gasteiger partial charge on any atom is -0.440 e. The Kier molecular flexibility index (Phi) is 3.68. The molecule has 2 aromatic rings. The van der Waals surface area contributed by atoms with Crippen molar-refractivity contribution in [1.29, 1.82) is 0 Å². The van der Waals surface area contributed by atoms with Gasteiger partial charge in [-0.25, -0.2) is 4.98 Å². The molecule has 0 radical (unpaired) electrons. The molecular formula is C14H19N3OS. The van der Waals surface area contributed by atoms with Gasteiger partial charge in [0.05, 0.1) is 10.6 Å². The van der Waals surface area contributed by atoms with Crippen LogP contribution in [0.15, 0.2) is 21.9 Å². The Morgan fingerprint density at radius 2 is 2.47 bits per heavy atom. The average molecular weight is 277 g/mol. The van der Waals surface area contributed by atoms with Gasteiger partial charge in [-0.3, -0.25) is 4.90 Å². The van der Waals surface area contributed by atoms with Crippen LogP contribution in [0, 0.1) is 6.92 Å². The standard InChI is InChI=1S/C14H19N3OS/c1-10-8-15-5-6-17(10)9-12-11(2)18-14(16-12)13-4-3-7-19-13/h3-4,7,10,15H,5-6,8-9H2,1-2H3/t10-/m0/s1. The van der Waals surface area contributed by atoms with Crippen LogP contribution in [0.5, 0.6) is 0 Å². The topological polar surface area (TPSA) is 41.3 Å². The summed E-state index contributed by atoms with van der Waals surface area (Å²) in [6, 6.07) is 4.63. The third-order valence-corrected chi connectivity index (χ3v) is 4.47. The molecule has 0 unspecified atom stereocenters. The number of aromatic nitrogens is 1. The molecule has 1 aliphatic rings. The lowest BCUT2D eigenvalue weighted by Crippen LogP contribution is -2.49. The van der Waals surface area contributed by atoms with Gasteiger partial charge in [-0.1, -0.05) is 6.07 Å². The molecule has 3 heterocycles. The first kappa shape index (κ1) is 12.8. The molecule has 0 bridgehead atoms. The van der Waals surface area contributed by atoms with Crippen LogP contribution in [0.3, 0.4) is 0 Å². The predicted molar refractivity (Wildman–Crippen MR) is 77.3 cm³/mol. The Balaban J connectivity index is 1.78. The SMILES string of the molecule is Cc1oc(-c2cccs2)nc1CN1CCNC[C@@H]1C. The van der Waals surface area contributed by atoms with E-state index in [9.17, 15) is 0 Å². The van der Waals surface area contributed by atoms with Gasteiger partial charge >= 0.3 is 0 Å². The third kappa shape index (κ3) is 2.73. The molecule has 2 aromatic heterocycles. The molecule has 4 nitrogen and oxygen atoms in total. The molecule has 1 atom stereocenters. The van der Waals surface area contributed by atoms with Gasteiger partial charge in [-0.15, -0.1) is 11.3 Å². The summed E-state index contributed by atoms with van der Waals surface area (Å²) in [5.74, 6) is 1.69. The lowest BCUT2D eigenvalue weighted by atomic mass is 10.2. The van der Waals surface area contributed by atoms with Crippen molar-refractivity contribution in [3.63, 3.8) is 0 Å². The van der Waals surface area contributed by atoms with Gasteiger partial charge in [0.15, 0.2) is 0 Å². The van der Waals surface area contributed by atoms with Crippen molar-refractivity contribution in [3.8, 4) is 10.8 Å². The Hall–Kier alpha value is -1.17. The normalized spacial score (nSPS) is 20.8. The zero-order valence-corrected chi connectivity index (χ0v) is 12.2. The summed E-state index contributed by atoms with van der Waals surface area (Å²) < 4.78 is 5.79. The van der Waals surface area contributed by atoms with Crippen LogP contribution in [0.1, 0.15) is 18.4 Å². The van der Waals surface area contributed by atoms with E-state index in [4.69, 9.17) is 4.42 Å². The van der Waals surface area contributed by atoms with Crippen molar-refractivity contribution < 1.29 is 4.42 Å². The van der Waals surface area contributed by atoms with Crippen LogP contribution in [0.2, 0.25) is 0 Å². The summed E-state index contributed by atoms with van der Waals surface area (Å²) >= 11 is 1.66. The summed E-state index contributed by atoms with van der Waals surface area (Å²) in [7, 11) is 0. The van der Waals surface area contributed by atoms with Crippen LogP contribution in [0.25, 0.3) is 10.8 Å². The fourth-order valence-electron chi connectivity index (χ4n) is 2.39. The van der Waals surface area contributed by atoms with Gasteiger partial charge in [0.1, 0.15) is 5.76 Å². The number of hydrogen-bond donors (Lipinski definition) is 1. The maximum Gasteiger partial charge on any atom is 0.236 e. The second-order valence-corrected chi connectivity index (χ2v) is 5.97. The fourth-order valence-corrected chi connectivity index (χ4v) is 3.04. The van der Waals surface area contributed by atoms with E-state index in [2.05, 4.69) is 22.1 Å². The molecule has 1 saturated heterocycles. The Bertz CT molecular complexity index is 535. The zero-order chi connectivity index (χ0) is 13.2. The summed E-state index contributed by atoms with van der Waals surface area (Å²) in [6.07, 6.45) is 0. The first-order valence-corrected chi connectivity index (χ1v) is 7.57. The van der Waals surface area contributed by atoms with Gasteiger partial charge in [0.25, 0.3) is 0 Å². The molecule has 1 aliphatic heterocycles. The number of thiophene rings is 1. The molecule has 0 amide bonds. The molecule has 0 saturated carbocycles. The first-order chi connectivity index (χ1) is 9.24. The van der Waals surface area contributed by atoms with Crippen LogP contribution in [-0.4, -0.2) is 35.6 Å². The lowest BCUT2D eigenvalue weighted by Gasteiger charge is -2.33. The number of nitrogens with one attached hydrogen (secondary N) is 1. The van der Waals surface area contributed by atoms with Gasteiger partial charge in [-0.2, -0.15) is 0 Å². The molecule has 0 aromatic carbocycles. The van der Waals surface area contributed by atoms with Crippen molar-refractivity contribution in [1.82, 2.24) is 15.2 Å². The van der Waals surface area contributed by atoms with E-state index < -0.39 is 0 Å². The van der Waals surface area contributed by atoms with Gasteiger partial charge in [-0.05, 0) is 25.3 Å². The summed E-state index contributed by atoms with van der Waals surface area (Å²) in [5.41, 5.74) is 1.07. The molecule has 1 N–H and O–H groups in total. The highest BCUT2D eigenvalue weighted by Crippen LogP contribution is 2.26. The Labute approximate surface area is 117 Å². The predicted octanol–water partition coefficient (Wildman–Crippen LogP) is 2.51. The Morgan fingerprint density at radius 3 is 3.21 bits per heavy atom. The number of hydrogen-bond acceptors (Lipinski definition) is 5. The molecular weight excluding hydrogens is 258 g/mol. The maximum absolute atomic E-state index is 5.79. The van der Waals surface area contributed by atoms with E-state index in [-0.39, 0.29) is 0 Å². The molecule has 1 fully saturated rings. The van der Waals surface area contributed by atoms with E-state index in [0.29, 0.717) is 6.04 Å². The van der Waals surface area contributed by atoms with Crippen molar-refractivity contribution in [3.05, 3.63) is 29.0 Å². The second-order valence-electron chi connectivity index (χ2n) is 5.02. The van der Waals surface area contributed by atoms with E-state index >= 15 is 0 Å². The average Bonchev–Trinajstić information content (AvgIpc) is 3.02. The molecule has 3 rings (SSSR count). The maximum atomic E-state index is 5.79. The first-order valence-electron chi connectivity index (χ1n) is 6.69. The van der Waals surface area contributed by atoms with Gasteiger partial charge in [0, 0.05) is 32.2 Å². The number of oxazole rings is 1. The van der Waals surface area contributed by atoms with Crippen molar-refractivity contribution >= 4 is 11.3 Å². The molecule has 19 heavy (non-hydrogen) atoms. The number of rotatable bonds is 3. The van der Waals surface area contributed by atoms with E-state index in [1.54, 1.807) is 11.3 Å². The van der Waals surface area contributed by atoms with Crippen LogP contribution in [-0.2, 0) is 6.54 Å². The summed E-state index contributed by atoms with van der Waals surface area (Å²) in [6.45, 7) is 8.31. The highest BCUT2D eigenvalue weighted by atomic mass is 32.1. The minimum atomic E-state index is 0.551. The lowest BCUT2D eigenvalue weighted by molar-refractivity contribution is 0.163.